The van der Waals surface area contributed by atoms with E-state index in [0.29, 0.717) is 0 Å². The molecule has 0 aromatic rings. The van der Waals surface area contributed by atoms with Crippen LogP contribution >= 0.6 is 63.2 Å². The van der Waals surface area contributed by atoms with Crippen LogP contribution in [-0.4, -0.2) is 20.2 Å². The lowest BCUT2D eigenvalue weighted by Gasteiger charge is -2.06. The summed E-state index contributed by atoms with van der Waals surface area (Å²) < 4.78 is 2.36. The lowest BCUT2D eigenvalue weighted by Crippen LogP contribution is -1.86. The van der Waals surface area contributed by atoms with Crippen LogP contribution in [-0.2, 0) is 0 Å². The molecule has 0 heterocycles. The molecule has 6 heteroatoms. The van der Waals surface area contributed by atoms with Gasteiger partial charge in [0.15, 0.2) is 0 Å². The van der Waals surface area contributed by atoms with Crippen LogP contribution in [0.3, 0.4) is 0 Å². The van der Waals surface area contributed by atoms with Gasteiger partial charge < -0.3 is 0 Å². The molecule has 2 unspecified atom stereocenters. The van der Waals surface area contributed by atoms with Crippen molar-refractivity contribution in [2.45, 2.75) is 142 Å². The van der Waals surface area contributed by atoms with E-state index in [9.17, 15) is 0 Å². The molecule has 2 atom stereocenters. The Balaban J connectivity index is 3.30. The maximum Gasteiger partial charge on any atom is 0.0787 e. The van der Waals surface area contributed by atoms with Gasteiger partial charge in [-0.15, -0.1) is 0 Å². The topological polar surface area (TPSA) is 0 Å². The van der Waals surface area contributed by atoms with Gasteiger partial charge in [0, 0.05) is 0 Å². The van der Waals surface area contributed by atoms with Crippen molar-refractivity contribution in [2.75, 3.05) is 12.3 Å². The highest BCUT2D eigenvalue weighted by Gasteiger charge is 2.04. The van der Waals surface area contributed by atoms with E-state index in [0.717, 1.165) is 17.2 Å². The minimum Gasteiger partial charge on any atom is -0.0715 e. The van der Waals surface area contributed by atoms with Crippen LogP contribution in [0.25, 0.3) is 0 Å². The maximum absolute atomic E-state index is 5.57. The molecule has 190 valence electrons. The highest BCUT2D eigenvalue weighted by Crippen LogP contribution is 2.39. The molecule has 0 aromatic carbocycles. The average Bonchev–Trinajstić information content (AvgIpc) is 2.79. The van der Waals surface area contributed by atoms with Crippen LogP contribution in [0.15, 0.2) is 0 Å². The second kappa shape index (κ2) is 29.0. The van der Waals surface area contributed by atoms with Crippen LogP contribution < -0.4 is 0 Å². The predicted octanol–water partition coefficient (Wildman–Crippen LogP) is 12.1. The fourth-order valence-corrected chi connectivity index (χ4v) is 9.73. The van der Waals surface area contributed by atoms with Gasteiger partial charge >= 0.3 is 0 Å². The van der Waals surface area contributed by atoms with E-state index in [4.69, 9.17) is 24.4 Å². The molecule has 0 rings (SSSR count). The summed E-state index contributed by atoms with van der Waals surface area (Å²) in [6.45, 7) is 4.58. The maximum atomic E-state index is 5.57. The van der Waals surface area contributed by atoms with Crippen LogP contribution in [0.5, 0.6) is 0 Å². The quantitative estimate of drug-likeness (QED) is 0.0503. The monoisotopic (exact) mass is 554 g/mol. The Morgan fingerprint density at radius 2 is 0.688 bits per heavy atom. The van der Waals surface area contributed by atoms with Crippen molar-refractivity contribution in [1.82, 2.24) is 0 Å². The van der Waals surface area contributed by atoms with Gasteiger partial charge in [0.05, 0.1) is 7.88 Å². The van der Waals surface area contributed by atoms with Gasteiger partial charge in [-0.25, -0.2) is 0 Å². The second-order valence-corrected chi connectivity index (χ2v) is 16.6. The fourth-order valence-electron chi connectivity index (χ4n) is 3.74. The summed E-state index contributed by atoms with van der Waals surface area (Å²) in [5.74, 6) is 0. The second-order valence-electron chi connectivity index (χ2n) is 8.96. The molecule has 0 N–H and O–H groups in total. The zero-order chi connectivity index (χ0) is 23.5. The highest BCUT2D eigenvalue weighted by atomic mass is 33.1. The van der Waals surface area contributed by atoms with Gasteiger partial charge in [-0.1, -0.05) is 171 Å². The highest BCUT2D eigenvalue weighted by molar-refractivity contribution is 8.93. The average molecular weight is 555 g/mol. The molecular weight excluding hydrogens is 503 g/mol. The first-order chi connectivity index (χ1) is 15.7. The summed E-state index contributed by atoms with van der Waals surface area (Å²) >= 11 is 11.1. The number of hydrogen-bond acceptors (Lipinski definition) is 4. The Morgan fingerprint density at radius 1 is 0.438 bits per heavy atom. The molecule has 0 fully saturated rings. The molecule has 0 aliphatic carbocycles. The predicted molar refractivity (Wildman–Crippen MR) is 170 cm³/mol. The summed E-state index contributed by atoms with van der Waals surface area (Å²) in [6.07, 6.45) is 30.8. The molecular formula is C26H52P2S4. The summed E-state index contributed by atoms with van der Waals surface area (Å²) in [4.78, 5) is 0. The van der Waals surface area contributed by atoms with Gasteiger partial charge in [0.1, 0.15) is 0 Å². The van der Waals surface area contributed by atoms with E-state index in [2.05, 4.69) is 13.8 Å². The number of unbranched alkanes of at least 4 members (excludes halogenated alkanes) is 18. The van der Waals surface area contributed by atoms with E-state index < -0.39 is 0 Å². The Labute approximate surface area is 224 Å². The SMILES string of the molecule is CCCCCCCCCCCCPC(=S)SSC(=S)PCCCCCCCCCCCC. The van der Waals surface area contributed by atoms with Crippen LogP contribution in [0, 0.1) is 0 Å². The molecule has 0 spiro atoms. The minimum atomic E-state index is 0.836. The molecule has 0 aromatic heterocycles. The molecule has 0 saturated carbocycles. The van der Waals surface area contributed by atoms with E-state index >= 15 is 0 Å². The third kappa shape index (κ3) is 28.0. The van der Waals surface area contributed by atoms with Crippen molar-refractivity contribution >= 4 is 71.1 Å². The number of thiocarbonyl (C=S) groups is 2. The molecule has 0 nitrogen and oxygen atoms in total. The Hall–Kier alpha value is 1.74. The summed E-state index contributed by atoms with van der Waals surface area (Å²) in [5.41, 5.74) is 0. The van der Waals surface area contributed by atoms with Crippen molar-refractivity contribution in [2.24, 2.45) is 0 Å². The van der Waals surface area contributed by atoms with Gasteiger partial charge in [-0.3, -0.25) is 0 Å². The number of hydrogen-bond donors (Lipinski definition) is 0. The summed E-state index contributed by atoms with van der Waals surface area (Å²) in [5, 5.41) is 0. The zero-order valence-corrected chi connectivity index (χ0v) is 26.5. The standard InChI is InChI=1S/C26H52P2S4/c1-3-5-7-9-11-13-15-17-19-21-23-27-25(29)31-32-26(30)28-24-22-20-18-16-14-12-10-8-6-4-2/h27-28H,3-24H2,1-2H3. The zero-order valence-electron chi connectivity index (χ0n) is 21.2. The first kappa shape index (κ1) is 33.7. The smallest absolute Gasteiger partial charge is 0.0715 e. The summed E-state index contributed by atoms with van der Waals surface area (Å²) in [6, 6.07) is 0. The van der Waals surface area contributed by atoms with Gasteiger partial charge in [0.25, 0.3) is 0 Å². The minimum absolute atomic E-state index is 0.836. The van der Waals surface area contributed by atoms with Crippen molar-refractivity contribution in [3.05, 3.63) is 0 Å². The Bertz CT molecular complexity index is 381. The van der Waals surface area contributed by atoms with Gasteiger partial charge in [-0.2, -0.15) is 0 Å². The van der Waals surface area contributed by atoms with Crippen molar-refractivity contribution in [3.63, 3.8) is 0 Å². The van der Waals surface area contributed by atoms with Gasteiger partial charge in [0.2, 0.25) is 0 Å². The van der Waals surface area contributed by atoms with Crippen LogP contribution in [0.4, 0.5) is 0 Å². The summed E-state index contributed by atoms with van der Waals surface area (Å²) in [7, 11) is 5.22. The molecule has 0 radical (unpaired) electrons. The van der Waals surface area contributed by atoms with E-state index in [1.807, 2.05) is 0 Å². The molecule has 0 aliphatic heterocycles. The molecule has 0 saturated heterocycles. The molecule has 0 aliphatic rings. The van der Waals surface area contributed by atoms with E-state index in [1.165, 1.54) is 149 Å². The molecule has 0 bridgehead atoms. The van der Waals surface area contributed by atoms with Crippen molar-refractivity contribution < 1.29 is 0 Å². The van der Waals surface area contributed by atoms with Gasteiger partial charge in [-0.05, 0) is 46.8 Å². The molecule has 32 heavy (non-hydrogen) atoms. The van der Waals surface area contributed by atoms with Crippen LogP contribution in [0.1, 0.15) is 142 Å². The van der Waals surface area contributed by atoms with Crippen LogP contribution in [0.2, 0.25) is 0 Å². The molecule has 0 amide bonds. The van der Waals surface area contributed by atoms with Crippen molar-refractivity contribution in [1.29, 1.82) is 0 Å². The number of rotatable bonds is 24. The Kier molecular flexibility index (Phi) is 30.5. The first-order valence-corrected chi connectivity index (χ1v) is 19.0. The van der Waals surface area contributed by atoms with E-state index in [1.54, 1.807) is 21.6 Å². The third-order valence-corrected chi connectivity index (χ3v) is 13.6. The van der Waals surface area contributed by atoms with Crippen molar-refractivity contribution in [3.8, 4) is 0 Å². The fraction of sp³-hybridized carbons (Fsp3) is 0.923. The Morgan fingerprint density at radius 3 is 0.969 bits per heavy atom. The first-order valence-electron chi connectivity index (χ1n) is 13.6. The lowest BCUT2D eigenvalue weighted by atomic mass is 10.1. The third-order valence-electron chi connectivity index (χ3n) is 5.79. The lowest BCUT2D eigenvalue weighted by molar-refractivity contribution is 0.563. The van der Waals surface area contributed by atoms with E-state index in [-0.39, 0.29) is 0 Å². The normalized spacial score (nSPS) is 11.9. The largest absolute Gasteiger partial charge is 0.0787 e.